The van der Waals surface area contributed by atoms with E-state index in [0.717, 1.165) is 33.5 Å². The lowest BCUT2D eigenvalue weighted by Gasteiger charge is -2.15. The third-order valence-electron chi connectivity index (χ3n) is 5.10. The lowest BCUT2D eigenvalue weighted by molar-refractivity contribution is 0.405. The predicted molar refractivity (Wildman–Crippen MR) is 117 cm³/mol. The van der Waals surface area contributed by atoms with Gasteiger partial charge in [-0.1, -0.05) is 30.3 Å². The highest BCUT2D eigenvalue weighted by Crippen LogP contribution is 2.36. The van der Waals surface area contributed by atoms with E-state index in [2.05, 4.69) is 53.6 Å². The smallest absolute Gasteiger partial charge is 0.161 e. The van der Waals surface area contributed by atoms with E-state index in [1.165, 1.54) is 11.1 Å². The van der Waals surface area contributed by atoms with Crippen LogP contribution in [0.25, 0.3) is 22.0 Å². The van der Waals surface area contributed by atoms with Crippen LogP contribution in [0, 0.1) is 13.8 Å². The molecule has 146 valence electrons. The van der Waals surface area contributed by atoms with Crippen molar-refractivity contribution in [1.82, 2.24) is 10.2 Å². The molecule has 29 heavy (non-hydrogen) atoms. The minimum atomic E-state index is 0.675. The molecule has 0 radical (unpaired) electrons. The van der Waals surface area contributed by atoms with Gasteiger partial charge in [-0.15, -0.1) is 10.2 Å². The van der Waals surface area contributed by atoms with Gasteiger partial charge >= 0.3 is 0 Å². The normalized spacial score (nSPS) is 10.8. The van der Waals surface area contributed by atoms with Crippen molar-refractivity contribution >= 4 is 22.3 Å². The second-order valence-corrected chi connectivity index (χ2v) is 6.94. The largest absolute Gasteiger partial charge is 0.497 e. The number of aromatic nitrogens is 2. The van der Waals surface area contributed by atoms with Crippen molar-refractivity contribution in [2.24, 2.45) is 0 Å². The Hall–Kier alpha value is -3.60. The molecule has 0 spiro atoms. The van der Waals surface area contributed by atoms with Crippen molar-refractivity contribution in [3.8, 4) is 22.8 Å². The third kappa shape index (κ3) is 3.59. The number of methoxy groups -OCH3 is 2. The average molecular weight is 385 g/mol. The summed E-state index contributed by atoms with van der Waals surface area (Å²) in [4.78, 5) is 0. The van der Waals surface area contributed by atoms with Crippen LogP contribution in [0.2, 0.25) is 0 Å². The Morgan fingerprint density at radius 1 is 0.759 bits per heavy atom. The van der Waals surface area contributed by atoms with Crippen LogP contribution in [0.4, 0.5) is 11.5 Å². The second-order valence-electron chi connectivity index (χ2n) is 6.94. The third-order valence-corrected chi connectivity index (χ3v) is 5.10. The van der Waals surface area contributed by atoms with Gasteiger partial charge in [0.25, 0.3) is 0 Å². The van der Waals surface area contributed by atoms with Crippen LogP contribution >= 0.6 is 0 Å². The fourth-order valence-corrected chi connectivity index (χ4v) is 3.36. The molecule has 1 heterocycles. The summed E-state index contributed by atoms with van der Waals surface area (Å²) in [6.07, 6.45) is 0. The van der Waals surface area contributed by atoms with Gasteiger partial charge in [0.2, 0.25) is 0 Å². The molecule has 5 heteroatoms. The summed E-state index contributed by atoms with van der Waals surface area (Å²) >= 11 is 0. The molecule has 0 saturated carbocycles. The first-order chi connectivity index (χ1) is 14.1. The number of ether oxygens (including phenoxy) is 2. The van der Waals surface area contributed by atoms with E-state index >= 15 is 0 Å². The van der Waals surface area contributed by atoms with Crippen LogP contribution in [0.5, 0.6) is 11.5 Å². The highest BCUT2D eigenvalue weighted by molar-refractivity contribution is 6.01. The van der Waals surface area contributed by atoms with E-state index in [0.29, 0.717) is 11.6 Å². The van der Waals surface area contributed by atoms with Crippen LogP contribution in [-0.4, -0.2) is 24.4 Å². The lowest BCUT2D eigenvalue weighted by atomic mass is 9.99. The maximum absolute atomic E-state index is 5.50. The fraction of sp³-hybridized carbons (Fsp3) is 0.167. The van der Waals surface area contributed by atoms with E-state index in [1.807, 2.05) is 36.4 Å². The molecule has 0 fully saturated rings. The zero-order chi connectivity index (χ0) is 20.4. The number of anilines is 2. The van der Waals surface area contributed by atoms with Crippen LogP contribution < -0.4 is 14.8 Å². The first kappa shape index (κ1) is 18.7. The van der Waals surface area contributed by atoms with E-state index in [9.17, 15) is 0 Å². The summed E-state index contributed by atoms with van der Waals surface area (Å²) in [5, 5.41) is 14.5. The molecule has 0 amide bonds. The summed E-state index contributed by atoms with van der Waals surface area (Å²) < 4.78 is 10.9. The van der Waals surface area contributed by atoms with Crippen LogP contribution in [0.15, 0.2) is 60.7 Å². The quantitative estimate of drug-likeness (QED) is 0.479. The first-order valence-electron chi connectivity index (χ1n) is 9.43. The second kappa shape index (κ2) is 7.80. The van der Waals surface area contributed by atoms with Crippen molar-refractivity contribution in [3.05, 3.63) is 71.8 Å². The number of nitrogens with one attached hydrogen (secondary N) is 1. The van der Waals surface area contributed by atoms with Gasteiger partial charge in [-0.25, -0.2) is 0 Å². The van der Waals surface area contributed by atoms with Gasteiger partial charge in [0, 0.05) is 22.4 Å². The molecule has 1 aromatic heterocycles. The molecule has 0 aliphatic heterocycles. The van der Waals surface area contributed by atoms with Gasteiger partial charge in [-0.05, 0) is 49.2 Å². The number of hydrogen-bond acceptors (Lipinski definition) is 5. The minimum absolute atomic E-state index is 0.675. The summed E-state index contributed by atoms with van der Waals surface area (Å²) in [7, 11) is 3.28. The van der Waals surface area contributed by atoms with Gasteiger partial charge in [-0.2, -0.15) is 0 Å². The zero-order valence-electron chi connectivity index (χ0n) is 17.0. The molecule has 4 rings (SSSR count). The summed E-state index contributed by atoms with van der Waals surface area (Å²) in [6.45, 7) is 4.22. The maximum Gasteiger partial charge on any atom is 0.161 e. The van der Waals surface area contributed by atoms with Crippen molar-refractivity contribution in [2.75, 3.05) is 19.5 Å². The summed E-state index contributed by atoms with van der Waals surface area (Å²) in [6, 6.07) is 20.1. The molecular weight excluding hydrogens is 362 g/mol. The average Bonchev–Trinajstić information content (AvgIpc) is 2.75. The summed E-state index contributed by atoms with van der Waals surface area (Å²) in [5.74, 6) is 2.12. The van der Waals surface area contributed by atoms with E-state index < -0.39 is 0 Å². The number of benzene rings is 3. The Bertz CT molecular complexity index is 1170. The molecule has 4 aromatic rings. The SMILES string of the molecule is COc1ccc(OC)c(Nc2nnc(-c3ccccc3)c3cc(C)c(C)cc23)c1. The Morgan fingerprint density at radius 2 is 1.48 bits per heavy atom. The molecule has 0 aliphatic rings. The molecule has 0 atom stereocenters. The fourth-order valence-electron chi connectivity index (χ4n) is 3.36. The molecular formula is C24H23N3O2. The maximum atomic E-state index is 5.50. The number of aryl methyl sites for hydroxylation is 2. The van der Waals surface area contributed by atoms with E-state index in [-0.39, 0.29) is 0 Å². The number of rotatable bonds is 5. The molecule has 0 aliphatic carbocycles. The van der Waals surface area contributed by atoms with Gasteiger partial charge in [0.05, 0.1) is 19.9 Å². The molecule has 0 saturated heterocycles. The highest BCUT2D eigenvalue weighted by atomic mass is 16.5. The molecule has 0 bridgehead atoms. The topological polar surface area (TPSA) is 56.3 Å². The van der Waals surface area contributed by atoms with Crippen LogP contribution in [0.1, 0.15) is 11.1 Å². The minimum Gasteiger partial charge on any atom is -0.497 e. The van der Waals surface area contributed by atoms with Crippen molar-refractivity contribution < 1.29 is 9.47 Å². The Labute approximate surface area is 170 Å². The van der Waals surface area contributed by atoms with E-state index in [1.54, 1.807) is 14.2 Å². The number of nitrogens with zero attached hydrogens (tertiary/aromatic N) is 2. The Balaban J connectivity index is 1.90. The van der Waals surface area contributed by atoms with Gasteiger partial charge in [0.1, 0.15) is 17.2 Å². The van der Waals surface area contributed by atoms with E-state index in [4.69, 9.17) is 9.47 Å². The molecule has 3 aromatic carbocycles. The molecule has 1 N–H and O–H groups in total. The van der Waals surface area contributed by atoms with Crippen LogP contribution in [-0.2, 0) is 0 Å². The van der Waals surface area contributed by atoms with Gasteiger partial charge in [-0.3, -0.25) is 0 Å². The van der Waals surface area contributed by atoms with Crippen LogP contribution in [0.3, 0.4) is 0 Å². The van der Waals surface area contributed by atoms with Gasteiger partial charge < -0.3 is 14.8 Å². The van der Waals surface area contributed by atoms with Crippen molar-refractivity contribution in [1.29, 1.82) is 0 Å². The molecule has 0 unspecified atom stereocenters. The van der Waals surface area contributed by atoms with Crippen molar-refractivity contribution in [2.45, 2.75) is 13.8 Å². The lowest BCUT2D eigenvalue weighted by Crippen LogP contribution is -2.02. The standard InChI is InChI=1S/C24H23N3O2/c1-15-12-19-20(13-16(15)2)24(27-26-23(19)17-8-6-5-7-9-17)25-21-14-18(28-3)10-11-22(21)29-4/h5-14H,1-4H3,(H,25,27). The number of hydrogen-bond donors (Lipinski definition) is 1. The first-order valence-corrected chi connectivity index (χ1v) is 9.43. The highest BCUT2D eigenvalue weighted by Gasteiger charge is 2.14. The number of fused-ring (bicyclic) bond motifs is 1. The molecule has 5 nitrogen and oxygen atoms in total. The Morgan fingerprint density at radius 3 is 2.17 bits per heavy atom. The Kier molecular flexibility index (Phi) is 5.04. The van der Waals surface area contributed by atoms with Crippen molar-refractivity contribution in [3.63, 3.8) is 0 Å². The monoisotopic (exact) mass is 385 g/mol. The summed E-state index contributed by atoms with van der Waals surface area (Å²) in [5.41, 5.74) is 5.09. The van der Waals surface area contributed by atoms with Gasteiger partial charge in [0.15, 0.2) is 5.82 Å². The zero-order valence-corrected chi connectivity index (χ0v) is 17.0. The predicted octanol–water partition coefficient (Wildman–Crippen LogP) is 5.67.